The third-order valence-electron chi connectivity index (χ3n) is 2.32. The molecule has 1 unspecified atom stereocenters. The largest absolute Gasteiger partial charge is 0.479 e. The number of amides is 2. The number of carbonyl (C=O) groups excluding carboxylic acids is 1. The third kappa shape index (κ3) is 5.23. The maximum absolute atomic E-state index is 11.5. The van der Waals surface area contributed by atoms with Crippen LogP contribution in [0.2, 0.25) is 0 Å². The summed E-state index contributed by atoms with van der Waals surface area (Å²) in [5.41, 5.74) is 0.904. The SMILES string of the molecule is CC(C)c1csc(NC(=O)NCCC(O)C(=O)O)n1. The molecular weight excluding hydrogens is 270 g/mol. The van der Waals surface area contributed by atoms with Gasteiger partial charge in [0.2, 0.25) is 0 Å². The average molecular weight is 287 g/mol. The molecule has 4 N–H and O–H groups in total. The van der Waals surface area contributed by atoms with Crippen LogP contribution < -0.4 is 10.6 Å². The zero-order valence-corrected chi connectivity index (χ0v) is 11.5. The van der Waals surface area contributed by atoms with Gasteiger partial charge in [0, 0.05) is 18.3 Å². The number of urea groups is 1. The molecule has 0 saturated heterocycles. The molecule has 0 saturated carbocycles. The number of thiazole rings is 1. The minimum atomic E-state index is -1.47. The van der Waals surface area contributed by atoms with E-state index in [1.807, 2.05) is 19.2 Å². The Morgan fingerprint density at radius 2 is 2.16 bits per heavy atom. The van der Waals surface area contributed by atoms with Gasteiger partial charge < -0.3 is 15.5 Å². The average Bonchev–Trinajstić information content (AvgIpc) is 2.77. The fourth-order valence-corrected chi connectivity index (χ4v) is 2.06. The van der Waals surface area contributed by atoms with Crippen molar-refractivity contribution in [2.24, 2.45) is 0 Å². The molecule has 0 fully saturated rings. The number of aliphatic hydroxyl groups excluding tert-OH is 1. The smallest absolute Gasteiger partial charge is 0.332 e. The number of carboxylic acid groups (broad SMARTS) is 1. The number of hydrogen-bond acceptors (Lipinski definition) is 5. The number of carbonyl (C=O) groups is 2. The quantitative estimate of drug-likeness (QED) is 0.628. The van der Waals surface area contributed by atoms with Crippen molar-refractivity contribution in [3.05, 3.63) is 11.1 Å². The summed E-state index contributed by atoms with van der Waals surface area (Å²) < 4.78 is 0. The Kier molecular flexibility index (Phi) is 5.71. The summed E-state index contributed by atoms with van der Waals surface area (Å²) in [4.78, 5) is 26.0. The normalized spacial score (nSPS) is 12.2. The number of aliphatic hydroxyl groups is 1. The van der Waals surface area contributed by atoms with Gasteiger partial charge in [-0.05, 0) is 5.92 Å². The van der Waals surface area contributed by atoms with E-state index in [9.17, 15) is 9.59 Å². The molecule has 0 aliphatic heterocycles. The van der Waals surface area contributed by atoms with E-state index >= 15 is 0 Å². The van der Waals surface area contributed by atoms with Gasteiger partial charge in [-0.2, -0.15) is 0 Å². The van der Waals surface area contributed by atoms with E-state index in [1.54, 1.807) is 0 Å². The van der Waals surface area contributed by atoms with Gasteiger partial charge in [-0.25, -0.2) is 14.6 Å². The zero-order chi connectivity index (χ0) is 14.4. The third-order valence-corrected chi connectivity index (χ3v) is 3.10. The molecular formula is C11H17N3O4S. The first-order valence-corrected chi connectivity index (χ1v) is 6.69. The lowest BCUT2D eigenvalue weighted by Gasteiger charge is -2.07. The lowest BCUT2D eigenvalue weighted by Crippen LogP contribution is -2.33. The minimum absolute atomic E-state index is 0.0438. The number of hydrogen-bond donors (Lipinski definition) is 4. The summed E-state index contributed by atoms with van der Waals surface area (Å²) in [6.45, 7) is 4.08. The second kappa shape index (κ2) is 7.05. The highest BCUT2D eigenvalue weighted by Crippen LogP contribution is 2.21. The Hall–Kier alpha value is -1.67. The highest BCUT2D eigenvalue weighted by Gasteiger charge is 2.13. The van der Waals surface area contributed by atoms with Gasteiger partial charge in [-0.3, -0.25) is 5.32 Å². The van der Waals surface area contributed by atoms with Crippen LogP contribution in [0.25, 0.3) is 0 Å². The van der Waals surface area contributed by atoms with Crippen molar-refractivity contribution in [3.8, 4) is 0 Å². The van der Waals surface area contributed by atoms with E-state index in [1.165, 1.54) is 11.3 Å². The fourth-order valence-electron chi connectivity index (χ4n) is 1.20. The second-order valence-corrected chi connectivity index (χ2v) is 5.11. The first-order valence-electron chi connectivity index (χ1n) is 5.81. The molecule has 106 valence electrons. The van der Waals surface area contributed by atoms with Crippen molar-refractivity contribution in [1.82, 2.24) is 10.3 Å². The van der Waals surface area contributed by atoms with Crippen LogP contribution in [0.3, 0.4) is 0 Å². The van der Waals surface area contributed by atoms with E-state index < -0.39 is 18.1 Å². The molecule has 0 aliphatic rings. The standard InChI is InChI=1S/C11H17N3O4S/c1-6(2)7-5-19-11(13-7)14-10(18)12-4-3-8(15)9(16)17/h5-6,8,15H,3-4H2,1-2H3,(H,16,17)(H2,12,13,14,18). The highest BCUT2D eigenvalue weighted by molar-refractivity contribution is 7.13. The Balaban J connectivity index is 2.32. The van der Waals surface area contributed by atoms with Gasteiger partial charge >= 0.3 is 12.0 Å². The minimum Gasteiger partial charge on any atom is -0.479 e. The monoisotopic (exact) mass is 287 g/mol. The first-order chi connectivity index (χ1) is 8.90. The molecule has 0 radical (unpaired) electrons. The number of aromatic nitrogens is 1. The molecule has 7 nitrogen and oxygen atoms in total. The van der Waals surface area contributed by atoms with E-state index in [-0.39, 0.29) is 13.0 Å². The summed E-state index contributed by atoms with van der Waals surface area (Å²) in [5.74, 6) is -1.01. The first kappa shape index (κ1) is 15.4. The Morgan fingerprint density at radius 1 is 1.47 bits per heavy atom. The lowest BCUT2D eigenvalue weighted by molar-refractivity contribution is -0.146. The van der Waals surface area contributed by atoms with E-state index in [0.717, 1.165) is 5.69 Å². The van der Waals surface area contributed by atoms with Crippen LogP contribution in [0.15, 0.2) is 5.38 Å². The van der Waals surface area contributed by atoms with E-state index in [2.05, 4.69) is 15.6 Å². The van der Waals surface area contributed by atoms with Gasteiger partial charge in [-0.15, -0.1) is 11.3 Å². The van der Waals surface area contributed by atoms with Crippen LogP contribution in [-0.4, -0.2) is 39.8 Å². The molecule has 0 spiro atoms. The molecule has 0 aliphatic carbocycles. The van der Waals surface area contributed by atoms with Crippen molar-refractivity contribution in [2.75, 3.05) is 11.9 Å². The summed E-state index contributed by atoms with van der Waals surface area (Å²) in [6.07, 6.45) is -1.51. The number of anilines is 1. The predicted octanol–water partition coefficient (Wildman–Crippen LogP) is 1.22. The molecule has 1 aromatic rings. The van der Waals surface area contributed by atoms with Crippen LogP contribution >= 0.6 is 11.3 Å². The number of carboxylic acids is 1. The van der Waals surface area contributed by atoms with Crippen LogP contribution in [0.1, 0.15) is 31.9 Å². The van der Waals surface area contributed by atoms with Gasteiger partial charge in [-0.1, -0.05) is 13.8 Å². The number of aliphatic carboxylic acids is 1. The topological polar surface area (TPSA) is 112 Å². The predicted molar refractivity (Wildman–Crippen MR) is 71.5 cm³/mol. The molecule has 1 rings (SSSR count). The maximum Gasteiger partial charge on any atom is 0.332 e. The summed E-state index contributed by atoms with van der Waals surface area (Å²) in [6, 6.07) is -0.470. The van der Waals surface area contributed by atoms with Crippen molar-refractivity contribution < 1.29 is 19.8 Å². The summed E-state index contributed by atoms with van der Waals surface area (Å²) in [5, 5.41) is 24.8. The number of nitrogens with zero attached hydrogens (tertiary/aromatic N) is 1. The Labute approximate surface area is 114 Å². The van der Waals surface area contributed by atoms with Crippen LogP contribution in [0.5, 0.6) is 0 Å². The molecule has 19 heavy (non-hydrogen) atoms. The van der Waals surface area contributed by atoms with Crippen molar-refractivity contribution >= 4 is 28.5 Å². The Bertz CT molecular complexity index is 447. The maximum atomic E-state index is 11.5. The fraction of sp³-hybridized carbons (Fsp3) is 0.545. The molecule has 1 atom stereocenters. The van der Waals surface area contributed by atoms with Gasteiger partial charge in [0.15, 0.2) is 11.2 Å². The zero-order valence-electron chi connectivity index (χ0n) is 10.7. The molecule has 0 bridgehead atoms. The summed E-state index contributed by atoms with van der Waals surface area (Å²) >= 11 is 1.32. The van der Waals surface area contributed by atoms with Gasteiger partial charge in [0.1, 0.15) is 0 Å². The molecule has 1 heterocycles. The van der Waals surface area contributed by atoms with Crippen molar-refractivity contribution in [2.45, 2.75) is 32.3 Å². The van der Waals surface area contributed by atoms with E-state index in [4.69, 9.17) is 10.2 Å². The van der Waals surface area contributed by atoms with Crippen LogP contribution in [0.4, 0.5) is 9.93 Å². The number of rotatable bonds is 6. The van der Waals surface area contributed by atoms with Gasteiger partial charge in [0.05, 0.1) is 5.69 Å². The summed E-state index contributed by atoms with van der Waals surface area (Å²) in [7, 11) is 0. The molecule has 0 aromatic carbocycles. The highest BCUT2D eigenvalue weighted by atomic mass is 32.1. The van der Waals surface area contributed by atoms with Crippen molar-refractivity contribution in [1.29, 1.82) is 0 Å². The Morgan fingerprint density at radius 3 is 2.68 bits per heavy atom. The molecule has 1 aromatic heterocycles. The number of nitrogens with one attached hydrogen (secondary N) is 2. The van der Waals surface area contributed by atoms with Crippen LogP contribution in [-0.2, 0) is 4.79 Å². The molecule has 2 amide bonds. The van der Waals surface area contributed by atoms with Crippen LogP contribution in [0, 0.1) is 0 Å². The van der Waals surface area contributed by atoms with E-state index in [0.29, 0.717) is 11.0 Å². The second-order valence-electron chi connectivity index (χ2n) is 4.26. The van der Waals surface area contributed by atoms with Crippen molar-refractivity contribution in [3.63, 3.8) is 0 Å². The molecule has 8 heteroatoms. The van der Waals surface area contributed by atoms with Gasteiger partial charge in [0.25, 0.3) is 0 Å². The lowest BCUT2D eigenvalue weighted by atomic mass is 10.2.